The van der Waals surface area contributed by atoms with E-state index in [1.54, 1.807) is 17.0 Å². The summed E-state index contributed by atoms with van der Waals surface area (Å²) in [5.74, 6) is -0.256. The van der Waals surface area contributed by atoms with Crippen molar-refractivity contribution in [2.75, 3.05) is 56.7 Å². The molecule has 2 aromatic rings. The van der Waals surface area contributed by atoms with Crippen molar-refractivity contribution < 1.29 is 14.3 Å². The highest BCUT2D eigenvalue weighted by Crippen LogP contribution is 2.18. The molecule has 0 radical (unpaired) electrons. The number of carbonyl (C=O) groups excluding carboxylic acids is 2. The van der Waals surface area contributed by atoms with Crippen LogP contribution in [-0.4, -0.2) is 79.5 Å². The van der Waals surface area contributed by atoms with Gasteiger partial charge in [-0.15, -0.1) is 24.0 Å². The lowest BCUT2D eigenvalue weighted by Crippen LogP contribution is -2.49. The van der Waals surface area contributed by atoms with Gasteiger partial charge in [-0.2, -0.15) is 0 Å². The van der Waals surface area contributed by atoms with Crippen molar-refractivity contribution >= 4 is 41.5 Å². The molecule has 2 amide bonds. The standard InChI is InChI=1S/C26H34ClN3O3.ClH/c1-21(2)33-19-18-30(25(31)20-27)24-10-8-23(9-11-24)26(32)29-16-14-28(15-17-29)13-12-22-6-4-3-5-7-22;/h3-11,21H,12-20H2,1-2H3;1H. The maximum atomic E-state index is 13.0. The first-order chi connectivity index (χ1) is 16.0. The maximum Gasteiger partial charge on any atom is 0.253 e. The summed E-state index contributed by atoms with van der Waals surface area (Å²) < 4.78 is 5.58. The van der Waals surface area contributed by atoms with Gasteiger partial charge in [0.25, 0.3) is 5.91 Å². The van der Waals surface area contributed by atoms with Crippen molar-refractivity contribution in [1.82, 2.24) is 9.80 Å². The number of piperazine rings is 1. The molecule has 1 aliphatic heterocycles. The van der Waals surface area contributed by atoms with Gasteiger partial charge in [0.05, 0.1) is 12.7 Å². The molecule has 186 valence electrons. The molecule has 0 aliphatic carbocycles. The zero-order valence-electron chi connectivity index (χ0n) is 20.0. The number of halogens is 2. The summed E-state index contributed by atoms with van der Waals surface area (Å²) in [6.07, 6.45) is 1.12. The molecule has 0 atom stereocenters. The lowest BCUT2D eigenvalue weighted by atomic mass is 10.1. The molecule has 34 heavy (non-hydrogen) atoms. The van der Waals surface area contributed by atoms with Crippen LogP contribution in [0.25, 0.3) is 0 Å². The van der Waals surface area contributed by atoms with Crippen LogP contribution < -0.4 is 4.90 Å². The van der Waals surface area contributed by atoms with Crippen LogP contribution in [0.15, 0.2) is 54.6 Å². The maximum absolute atomic E-state index is 13.0. The number of amides is 2. The van der Waals surface area contributed by atoms with Gasteiger partial charge in [0.15, 0.2) is 0 Å². The largest absolute Gasteiger partial charge is 0.377 e. The van der Waals surface area contributed by atoms with Crippen LogP contribution in [0, 0.1) is 0 Å². The minimum atomic E-state index is -0.185. The van der Waals surface area contributed by atoms with Gasteiger partial charge in [-0.3, -0.25) is 14.5 Å². The third-order valence-electron chi connectivity index (χ3n) is 5.83. The highest BCUT2D eigenvalue weighted by molar-refractivity contribution is 6.29. The van der Waals surface area contributed by atoms with Gasteiger partial charge in [-0.25, -0.2) is 0 Å². The molecule has 8 heteroatoms. The van der Waals surface area contributed by atoms with Crippen molar-refractivity contribution in [2.24, 2.45) is 0 Å². The van der Waals surface area contributed by atoms with Gasteiger partial charge in [0, 0.05) is 50.5 Å². The highest BCUT2D eigenvalue weighted by Gasteiger charge is 2.22. The number of rotatable bonds is 10. The van der Waals surface area contributed by atoms with Gasteiger partial charge in [0.2, 0.25) is 5.91 Å². The second-order valence-corrected chi connectivity index (χ2v) is 8.78. The fourth-order valence-corrected chi connectivity index (χ4v) is 4.07. The van der Waals surface area contributed by atoms with Gasteiger partial charge in [-0.1, -0.05) is 30.3 Å². The van der Waals surface area contributed by atoms with Gasteiger partial charge in [0.1, 0.15) is 5.88 Å². The molecule has 6 nitrogen and oxygen atoms in total. The van der Waals surface area contributed by atoms with E-state index < -0.39 is 0 Å². The first-order valence-electron chi connectivity index (χ1n) is 11.6. The molecule has 0 unspecified atom stereocenters. The summed E-state index contributed by atoms with van der Waals surface area (Å²) in [7, 11) is 0. The first-order valence-corrected chi connectivity index (χ1v) is 12.1. The van der Waals surface area contributed by atoms with Crippen LogP contribution >= 0.6 is 24.0 Å². The van der Waals surface area contributed by atoms with Gasteiger partial charge >= 0.3 is 0 Å². The molecule has 1 saturated heterocycles. The average molecular weight is 508 g/mol. The zero-order valence-corrected chi connectivity index (χ0v) is 21.6. The van der Waals surface area contributed by atoms with E-state index in [1.165, 1.54) is 5.56 Å². The Morgan fingerprint density at radius 2 is 1.65 bits per heavy atom. The first kappa shape index (κ1) is 28.1. The molecule has 0 spiro atoms. The van der Waals surface area contributed by atoms with E-state index in [1.807, 2.05) is 36.9 Å². The normalized spacial score (nSPS) is 14.1. The summed E-state index contributed by atoms with van der Waals surface area (Å²) in [6, 6.07) is 17.7. The smallest absolute Gasteiger partial charge is 0.253 e. The fraction of sp³-hybridized carbons (Fsp3) is 0.462. The van der Waals surface area contributed by atoms with Crippen molar-refractivity contribution in [2.45, 2.75) is 26.4 Å². The monoisotopic (exact) mass is 507 g/mol. The molecule has 1 heterocycles. The molecule has 1 fully saturated rings. The number of hydrogen-bond donors (Lipinski definition) is 0. The van der Waals surface area contributed by atoms with Crippen LogP contribution in [-0.2, 0) is 16.0 Å². The van der Waals surface area contributed by atoms with Crippen LogP contribution in [0.2, 0.25) is 0 Å². The van der Waals surface area contributed by atoms with Crippen LogP contribution in [0.1, 0.15) is 29.8 Å². The Morgan fingerprint density at radius 1 is 1.00 bits per heavy atom. The molecule has 3 rings (SSSR count). The van der Waals surface area contributed by atoms with Gasteiger partial charge < -0.3 is 14.5 Å². The fourth-order valence-electron chi connectivity index (χ4n) is 3.92. The van der Waals surface area contributed by atoms with E-state index in [9.17, 15) is 9.59 Å². The molecular formula is C26H35Cl2N3O3. The second-order valence-electron chi connectivity index (χ2n) is 8.51. The summed E-state index contributed by atoms with van der Waals surface area (Å²) in [5, 5.41) is 0. The van der Waals surface area contributed by atoms with E-state index >= 15 is 0 Å². The van der Waals surface area contributed by atoms with Crippen molar-refractivity contribution in [3.05, 3.63) is 65.7 Å². The van der Waals surface area contributed by atoms with Crippen LogP contribution in [0.4, 0.5) is 5.69 Å². The molecular weight excluding hydrogens is 473 g/mol. The average Bonchev–Trinajstić information content (AvgIpc) is 2.85. The van der Waals surface area contributed by atoms with E-state index in [0.29, 0.717) is 18.7 Å². The number of anilines is 1. The third-order valence-corrected chi connectivity index (χ3v) is 6.06. The minimum Gasteiger partial charge on any atom is -0.377 e. The van der Waals surface area contributed by atoms with E-state index in [2.05, 4.69) is 29.2 Å². The van der Waals surface area contributed by atoms with Crippen LogP contribution in [0.3, 0.4) is 0 Å². The predicted molar refractivity (Wildman–Crippen MR) is 140 cm³/mol. The molecule has 0 aromatic heterocycles. The lowest BCUT2D eigenvalue weighted by Gasteiger charge is -2.35. The zero-order chi connectivity index (χ0) is 23.6. The summed E-state index contributed by atoms with van der Waals surface area (Å²) in [6.45, 7) is 8.96. The number of benzene rings is 2. The number of carbonyl (C=O) groups is 2. The third kappa shape index (κ3) is 8.27. The Kier molecular flexibility index (Phi) is 11.8. The second kappa shape index (κ2) is 14.3. The van der Waals surface area contributed by atoms with E-state index in [-0.39, 0.29) is 36.2 Å². The molecule has 0 N–H and O–H groups in total. The molecule has 0 bridgehead atoms. The Morgan fingerprint density at radius 3 is 2.24 bits per heavy atom. The number of alkyl halides is 1. The summed E-state index contributed by atoms with van der Waals surface area (Å²) >= 11 is 5.79. The highest BCUT2D eigenvalue weighted by atomic mass is 35.5. The molecule has 2 aromatic carbocycles. The number of ether oxygens (including phenoxy) is 1. The van der Waals surface area contributed by atoms with Crippen LogP contribution in [0.5, 0.6) is 0 Å². The Hall–Kier alpha value is -2.12. The van der Waals surface area contributed by atoms with Crippen molar-refractivity contribution in [3.63, 3.8) is 0 Å². The minimum absolute atomic E-state index is 0. The quantitative estimate of drug-likeness (QED) is 0.454. The predicted octanol–water partition coefficient (Wildman–Crippen LogP) is 4.11. The number of nitrogens with zero attached hydrogens (tertiary/aromatic N) is 3. The Labute approximate surface area is 214 Å². The summed E-state index contributed by atoms with van der Waals surface area (Å²) in [4.78, 5) is 31.2. The van der Waals surface area contributed by atoms with Crippen molar-refractivity contribution in [3.8, 4) is 0 Å². The summed E-state index contributed by atoms with van der Waals surface area (Å²) in [5.41, 5.74) is 2.69. The SMILES string of the molecule is CC(C)OCCN(C(=O)CCl)c1ccc(C(=O)N2CCN(CCc3ccccc3)CC2)cc1.Cl. The van der Waals surface area contributed by atoms with E-state index in [4.69, 9.17) is 16.3 Å². The van der Waals surface area contributed by atoms with Gasteiger partial charge in [-0.05, 0) is 50.1 Å². The molecule has 1 aliphatic rings. The van der Waals surface area contributed by atoms with Crippen molar-refractivity contribution in [1.29, 1.82) is 0 Å². The Balaban J connectivity index is 0.00000408. The lowest BCUT2D eigenvalue weighted by molar-refractivity contribution is -0.116. The number of hydrogen-bond acceptors (Lipinski definition) is 4. The molecule has 0 saturated carbocycles. The Bertz CT molecular complexity index is 886. The topological polar surface area (TPSA) is 53.1 Å². The van der Waals surface area contributed by atoms with E-state index in [0.717, 1.165) is 44.8 Å².